The van der Waals surface area contributed by atoms with Crippen molar-refractivity contribution in [2.45, 2.75) is 68.5 Å². The number of hydrogen-bond acceptors (Lipinski definition) is 9. The molecular formula is C21H31N3O6S2. The predicted octanol–water partition coefficient (Wildman–Crippen LogP) is 0.588. The highest BCUT2D eigenvalue weighted by atomic mass is 32.2. The molecule has 4 rings (SSSR count). The Morgan fingerprint density at radius 1 is 1.41 bits per heavy atom. The van der Waals surface area contributed by atoms with Crippen molar-refractivity contribution >= 4 is 41.4 Å². The standard InChI is InChI=1S/C21H31N3O6S2/c1-4-30-21(29)12-5-6-31-18(23-12)13-7-11(8-22-13)32-17-9(2)15-14(10(3)25)19(26)24(15)16(17)20(27)28/h9-15,18,22-23,25H,4-8H2,1-3H3,(H,27,28)/t9-,10-,11+,12?,13+,14?,15?,18?/m1/s1. The summed E-state index contributed by atoms with van der Waals surface area (Å²) in [6, 6.07) is -0.427. The fraction of sp³-hybridized carbons (Fsp3) is 0.762. The molecule has 178 valence electrons. The molecule has 0 saturated carbocycles. The lowest BCUT2D eigenvalue weighted by atomic mass is 9.79. The van der Waals surface area contributed by atoms with Crippen molar-refractivity contribution in [1.29, 1.82) is 0 Å². The van der Waals surface area contributed by atoms with E-state index in [-0.39, 0.29) is 52.2 Å². The van der Waals surface area contributed by atoms with E-state index in [9.17, 15) is 24.6 Å². The van der Waals surface area contributed by atoms with Crippen LogP contribution in [0.5, 0.6) is 0 Å². The quantitative estimate of drug-likeness (QED) is 0.300. The fourth-order valence-corrected chi connectivity index (χ4v) is 8.03. The van der Waals surface area contributed by atoms with Crippen molar-refractivity contribution in [2.75, 3.05) is 18.9 Å². The van der Waals surface area contributed by atoms with Crippen molar-refractivity contribution in [2.24, 2.45) is 11.8 Å². The van der Waals surface area contributed by atoms with E-state index in [4.69, 9.17) is 4.74 Å². The van der Waals surface area contributed by atoms with Crippen LogP contribution in [0.3, 0.4) is 0 Å². The number of aliphatic hydroxyl groups is 1. The number of nitrogens with zero attached hydrogens (tertiary/aromatic N) is 1. The van der Waals surface area contributed by atoms with Gasteiger partial charge >= 0.3 is 11.9 Å². The minimum Gasteiger partial charge on any atom is -0.477 e. The maximum absolute atomic E-state index is 12.5. The zero-order valence-corrected chi connectivity index (χ0v) is 20.1. The highest BCUT2D eigenvalue weighted by Gasteiger charge is 2.60. The summed E-state index contributed by atoms with van der Waals surface area (Å²) >= 11 is 3.33. The van der Waals surface area contributed by atoms with Gasteiger partial charge in [-0.05, 0) is 32.4 Å². The monoisotopic (exact) mass is 485 g/mol. The molecule has 4 aliphatic rings. The predicted molar refractivity (Wildman–Crippen MR) is 122 cm³/mol. The van der Waals surface area contributed by atoms with E-state index in [0.29, 0.717) is 6.61 Å². The molecule has 0 bridgehead atoms. The average molecular weight is 486 g/mol. The molecule has 11 heteroatoms. The molecule has 0 spiro atoms. The van der Waals surface area contributed by atoms with Crippen molar-refractivity contribution in [3.8, 4) is 0 Å². The molecule has 0 aliphatic carbocycles. The Balaban J connectivity index is 1.41. The topological polar surface area (TPSA) is 128 Å². The van der Waals surface area contributed by atoms with Crippen LogP contribution in [-0.4, -0.2) is 86.7 Å². The molecule has 0 aromatic carbocycles. The second-order valence-corrected chi connectivity index (χ2v) is 11.4. The summed E-state index contributed by atoms with van der Waals surface area (Å²) < 4.78 is 5.16. The van der Waals surface area contributed by atoms with Gasteiger partial charge in [-0.2, -0.15) is 0 Å². The summed E-state index contributed by atoms with van der Waals surface area (Å²) in [5, 5.41) is 27.0. The molecule has 8 atom stereocenters. The highest BCUT2D eigenvalue weighted by Crippen LogP contribution is 2.52. The summed E-state index contributed by atoms with van der Waals surface area (Å²) in [5.74, 6) is -1.40. The van der Waals surface area contributed by atoms with Crippen LogP contribution in [-0.2, 0) is 19.1 Å². The van der Waals surface area contributed by atoms with Crippen LogP contribution in [0.4, 0.5) is 0 Å². The van der Waals surface area contributed by atoms with Crippen LogP contribution in [0.1, 0.15) is 33.6 Å². The average Bonchev–Trinajstić information content (AvgIpc) is 3.30. The van der Waals surface area contributed by atoms with Crippen molar-refractivity contribution in [3.63, 3.8) is 0 Å². The molecule has 4 heterocycles. The van der Waals surface area contributed by atoms with Crippen molar-refractivity contribution in [3.05, 3.63) is 10.6 Å². The van der Waals surface area contributed by atoms with Crippen LogP contribution in [0.2, 0.25) is 0 Å². The van der Waals surface area contributed by atoms with Crippen LogP contribution in [0.15, 0.2) is 10.6 Å². The molecule has 0 aromatic heterocycles. The van der Waals surface area contributed by atoms with Gasteiger partial charge in [0.15, 0.2) is 0 Å². The number of β-lactam (4-membered cyclic amide) rings is 1. The van der Waals surface area contributed by atoms with E-state index in [1.165, 1.54) is 16.7 Å². The van der Waals surface area contributed by atoms with Gasteiger partial charge in [0, 0.05) is 28.7 Å². The van der Waals surface area contributed by atoms with Gasteiger partial charge in [0.2, 0.25) is 5.91 Å². The number of carbonyl (C=O) groups excluding carboxylic acids is 2. The van der Waals surface area contributed by atoms with Gasteiger partial charge in [0.1, 0.15) is 11.7 Å². The lowest BCUT2D eigenvalue weighted by molar-refractivity contribution is -0.163. The molecule has 32 heavy (non-hydrogen) atoms. The molecule has 4 aliphatic heterocycles. The Labute approximate surface area is 196 Å². The second-order valence-electron chi connectivity index (χ2n) is 8.81. The van der Waals surface area contributed by atoms with Gasteiger partial charge in [0.25, 0.3) is 0 Å². The Hall–Kier alpha value is -1.27. The summed E-state index contributed by atoms with van der Waals surface area (Å²) in [6.07, 6.45) is 0.768. The first-order chi connectivity index (χ1) is 15.2. The third-order valence-corrected chi connectivity index (χ3v) is 9.54. The normalized spacial score (nSPS) is 37.8. The Bertz CT molecular complexity index is 821. The van der Waals surface area contributed by atoms with E-state index in [2.05, 4.69) is 10.6 Å². The first-order valence-corrected chi connectivity index (χ1v) is 13.1. The third-order valence-electron chi connectivity index (χ3n) is 6.74. The van der Waals surface area contributed by atoms with Gasteiger partial charge in [-0.1, -0.05) is 6.92 Å². The van der Waals surface area contributed by atoms with E-state index in [1.54, 1.807) is 25.6 Å². The number of aliphatic carboxylic acids is 1. The highest BCUT2D eigenvalue weighted by molar-refractivity contribution is 8.03. The number of ether oxygens (including phenoxy) is 1. The number of carboxylic acid groups (broad SMARTS) is 1. The lowest BCUT2D eigenvalue weighted by Gasteiger charge is -2.46. The fourth-order valence-electron chi connectivity index (χ4n) is 5.22. The third kappa shape index (κ3) is 4.18. The molecule has 3 saturated heterocycles. The maximum atomic E-state index is 12.5. The van der Waals surface area contributed by atoms with Gasteiger partial charge in [-0.25, -0.2) is 4.79 Å². The number of amides is 1. The number of hydrogen-bond donors (Lipinski definition) is 4. The van der Waals surface area contributed by atoms with Gasteiger partial charge in [-0.3, -0.25) is 14.9 Å². The van der Waals surface area contributed by atoms with Crippen molar-refractivity contribution < 1.29 is 29.3 Å². The minimum absolute atomic E-state index is 0.0744. The molecule has 9 nitrogen and oxygen atoms in total. The first kappa shape index (κ1) is 23.9. The van der Waals surface area contributed by atoms with E-state index >= 15 is 0 Å². The minimum atomic E-state index is -1.09. The van der Waals surface area contributed by atoms with Gasteiger partial charge in [0.05, 0.1) is 30.0 Å². The molecule has 0 radical (unpaired) electrons. The number of carbonyl (C=O) groups is 3. The molecule has 4 N–H and O–H groups in total. The summed E-state index contributed by atoms with van der Waals surface area (Å²) in [5.41, 5.74) is 0.0744. The number of fused-ring (bicyclic) bond motifs is 1. The number of thioether (sulfide) groups is 2. The summed E-state index contributed by atoms with van der Waals surface area (Å²) in [4.78, 5) is 38.7. The number of nitrogens with one attached hydrogen (secondary N) is 2. The zero-order valence-electron chi connectivity index (χ0n) is 18.4. The van der Waals surface area contributed by atoms with Crippen LogP contribution in [0.25, 0.3) is 0 Å². The van der Waals surface area contributed by atoms with Crippen molar-refractivity contribution in [1.82, 2.24) is 15.5 Å². The lowest BCUT2D eigenvalue weighted by Crippen LogP contribution is -2.63. The molecular weight excluding hydrogens is 454 g/mol. The Morgan fingerprint density at radius 2 is 2.16 bits per heavy atom. The van der Waals surface area contributed by atoms with E-state index in [0.717, 1.165) is 30.0 Å². The molecule has 3 fully saturated rings. The number of rotatable bonds is 7. The second kappa shape index (κ2) is 9.54. The first-order valence-electron chi connectivity index (χ1n) is 11.2. The summed E-state index contributed by atoms with van der Waals surface area (Å²) in [6.45, 7) is 6.42. The molecule has 1 amide bonds. The van der Waals surface area contributed by atoms with E-state index in [1.807, 2.05) is 6.92 Å². The molecule has 4 unspecified atom stereocenters. The van der Waals surface area contributed by atoms with Crippen LogP contribution < -0.4 is 10.6 Å². The Morgan fingerprint density at radius 3 is 2.81 bits per heavy atom. The Kier molecular flexibility index (Phi) is 7.11. The largest absolute Gasteiger partial charge is 0.477 e. The zero-order chi connectivity index (χ0) is 23.2. The maximum Gasteiger partial charge on any atom is 0.353 e. The molecule has 0 aromatic rings. The SMILES string of the molecule is CCOC(=O)C1CCSC([C@@H]2C[C@H](SC3=C(C(=O)O)N4C(=O)C([C@@H](C)O)C4[C@H]3C)CN2)N1. The van der Waals surface area contributed by atoms with Crippen LogP contribution >= 0.6 is 23.5 Å². The summed E-state index contributed by atoms with van der Waals surface area (Å²) in [7, 11) is 0. The van der Waals surface area contributed by atoms with Crippen LogP contribution in [0, 0.1) is 11.8 Å². The smallest absolute Gasteiger partial charge is 0.353 e. The number of carboxylic acids is 1. The van der Waals surface area contributed by atoms with Gasteiger partial charge in [-0.15, -0.1) is 23.5 Å². The number of esters is 1. The van der Waals surface area contributed by atoms with E-state index < -0.39 is 18.0 Å². The van der Waals surface area contributed by atoms with Gasteiger partial charge < -0.3 is 25.2 Å². The number of aliphatic hydroxyl groups excluding tert-OH is 1.